The molecule has 0 saturated heterocycles. The minimum atomic E-state index is -0.164. The summed E-state index contributed by atoms with van der Waals surface area (Å²) in [6, 6.07) is 0.101. The lowest BCUT2D eigenvalue weighted by molar-refractivity contribution is 0.0892. The Bertz CT molecular complexity index is 704. The molecule has 130 valence electrons. The number of aryl methyl sites for hydroxylation is 1. The van der Waals surface area contributed by atoms with E-state index in [1.54, 1.807) is 31.1 Å². The van der Waals surface area contributed by atoms with Crippen LogP contribution in [0.25, 0.3) is 0 Å². The van der Waals surface area contributed by atoms with Gasteiger partial charge in [-0.3, -0.25) is 4.79 Å². The van der Waals surface area contributed by atoms with E-state index in [2.05, 4.69) is 20.5 Å². The third-order valence-corrected chi connectivity index (χ3v) is 4.38. The molecule has 0 radical (unpaired) electrons. The van der Waals surface area contributed by atoms with Gasteiger partial charge in [0.25, 0.3) is 5.91 Å². The SMILES string of the molecule is COCCn1c(CO)nnc1C1CC(NC(=O)c2nccn2C)C1. The number of ether oxygens (including phenoxy) is 1. The molecule has 2 aromatic rings. The second-order valence-electron chi connectivity index (χ2n) is 5.98. The zero-order valence-electron chi connectivity index (χ0n) is 13.8. The Morgan fingerprint density at radius 2 is 2.25 bits per heavy atom. The number of carbonyl (C=O) groups is 1. The van der Waals surface area contributed by atoms with Crippen molar-refractivity contribution in [1.29, 1.82) is 0 Å². The van der Waals surface area contributed by atoms with Gasteiger partial charge in [0.1, 0.15) is 12.4 Å². The molecule has 0 spiro atoms. The highest BCUT2D eigenvalue weighted by molar-refractivity contribution is 5.91. The molecule has 1 aliphatic carbocycles. The van der Waals surface area contributed by atoms with Gasteiger partial charge in [0, 0.05) is 45.1 Å². The number of carbonyl (C=O) groups excluding carboxylic acids is 1. The van der Waals surface area contributed by atoms with Crippen LogP contribution in [0.1, 0.15) is 41.0 Å². The highest BCUT2D eigenvalue weighted by atomic mass is 16.5. The third kappa shape index (κ3) is 3.17. The maximum Gasteiger partial charge on any atom is 0.287 e. The normalized spacial score (nSPS) is 20.0. The summed E-state index contributed by atoms with van der Waals surface area (Å²) >= 11 is 0. The largest absolute Gasteiger partial charge is 0.388 e. The maximum atomic E-state index is 12.2. The Labute approximate surface area is 139 Å². The first-order valence-electron chi connectivity index (χ1n) is 7.94. The van der Waals surface area contributed by atoms with Crippen molar-refractivity contribution in [2.75, 3.05) is 13.7 Å². The van der Waals surface area contributed by atoms with Gasteiger partial charge in [-0.1, -0.05) is 0 Å². The van der Waals surface area contributed by atoms with E-state index in [0.717, 1.165) is 18.7 Å². The zero-order valence-corrected chi connectivity index (χ0v) is 13.8. The van der Waals surface area contributed by atoms with E-state index in [-0.39, 0.29) is 24.5 Å². The number of amides is 1. The molecule has 2 N–H and O–H groups in total. The highest BCUT2D eigenvalue weighted by Gasteiger charge is 2.35. The molecule has 9 nitrogen and oxygen atoms in total. The van der Waals surface area contributed by atoms with Crippen LogP contribution in [0.3, 0.4) is 0 Å². The minimum Gasteiger partial charge on any atom is -0.388 e. The molecule has 1 aliphatic rings. The molecule has 0 aliphatic heterocycles. The summed E-state index contributed by atoms with van der Waals surface area (Å²) < 4.78 is 8.71. The Morgan fingerprint density at radius 3 is 2.88 bits per heavy atom. The maximum absolute atomic E-state index is 12.2. The molecule has 1 saturated carbocycles. The number of aromatic nitrogens is 5. The summed E-state index contributed by atoms with van der Waals surface area (Å²) in [5.74, 6) is 1.86. The van der Waals surface area contributed by atoms with Gasteiger partial charge in [0.2, 0.25) is 0 Å². The lowest BCUT2D eigenvalue weighted by atomic mass is 9.79. The van der Waals surface area contributed by atoms with Crippen LogP contribution in [0.5, 0.6) is 0 Å². The zero-order chi connectivity index (χ0) is 17.1. The lowest BCUT2D eigenvalue weighted by Gasteiger charge is -2.35. The van der Waals surface area contributed by atoms with Gasteiger partial charge in [-0.25, -0.2) is 4.98 Å². The molecule has 3 rings (SSSR count). The van der Waals surface area contributed by atoms with Crippen molar-refractivity contribution in [3.8, 4) is 0 Å². The van der Waals surface area contributed by atoms with Crippen LogP contribution in [0, 0.1) is 0 Å². The van der Waals surface area contributed by atoms with Crippen LogP contribution in [0.4, 0.5) is 0 Å². The summed E-state index contributed by atoms with van der Waals surface area (Å²) in [5.41, 5.74) is 0. The first-order valence-corrected chi connectivity index (χ1v) is 7.94. The molecule has 9 heteroatoms. The van der Waals surface area contributed by atoms with Crippen molar-refractivity contribution in [3.63, 3.8) is 0 Å². The molecular formula is C15H22N6O3. The van der Waals surface area contributed by atoms with Crippen molar-refractivity contribution < 1.29 is 14.6 Å². The first kappa shape index (κ1) is 16.6. The van der Waals surface area contributed by atoms with Crippen molar-refractivity contribution in [2.24, 2.45) is 7.05 Å². The molecule has 2 aromatic heterocycles. The van der Waals surface area contributed by atoms with Gasteiger partial charge in [-0.2, -0.15) is 0 Å². The van der Waals surface area contributed by atoms with Crippen LogP contribution in [-0.2, 0) is 24.9 Å². The molecular weight excluding hydrogens is 312 g/mol. The van der Waals surface area contributed by atoms with Crippen molar-refractivity contribution >= 4 is 5.91 Å². The molecule has 0 unspecified atom stereocenters. The number of hydrogen-bond donors (Lipinski definition) is 2. The van der Waals surface area contributed by atoms with Crippen molar-refractivity contribution in [3.05, 3.63) is 29.9 Å². The fourth-order valence-electron chi connectivity index (χ4n) is 2.98. The number of hydrogen-bond acceptors (Lipinski definition) is 6. The lowest BCUT2D eigenvalue weighted by Crippen LogP contribution is -2.44. The first-order chi connectivity index (χ1) is 11.6. The molecule has 1 amide bonds. The number of nitrogens with one attached hydrogen (secondary N) is 1. The smallest absolute Gasteiger partial charge is 0.287 e. The number of imidazole rings is 1. The third-order valence-electron chi connectivity index (χ3n) is 4.38. The van der Waals surface area contributed by atoms with E-state index in [0.29, 0.717) is 24.8 Å². The average molecular weight is 334 g/mol. The minimum absolute atomic E-state index is 0.101. The number of methoxy groups -OCH3 is 1. The van der Waals surface area contributed by atoms with Crippen LogP contribution in [-0.4, -0.2) is 55.1 Å². The quantitative estimate of drug-likeness (QED) is 0.728. The van der Waals surface area contributed by atoms with Crippen molar-refractivity contribution in [2.45, 2.75) is 38.0 Å². The molecule has 0 atom stereocenters. The van der Waals surface area contributed by atoms with Crippen molar-refractivity contribution in [1.82, 2.24) is 29.6 Å². The fourth-order valence-corrected chi connectivity index (χ4v) is 2.98. The molecule has 1 fully saturated rings. The second-order valence-corrected chi connectivity index (χ2v) is 5.98. The average Bonchev–Trinajstić information content (AvgIpc) is 3.14. The number of rotatable bonds is 7. The second kappa shape index (κ2) is 7.10. The number of nitrogens with zero attached hydrogens (tertiary/aromatic N) is 5. The number of aliphatic hydroxyl groups excluding tert-OH is 1. The predicted molar refractivity (Wildman–Crippen MR) is 84.3 cm³/mol. The molecule has 0 aromatic carbocycles. The summed E-state index contributed by atoms with van der Waals surface area (Å²) in [5, 5.41) is 20.6. The van der Waals surface area contributed by atoms with E-state index in [9.17, 15) is 9.90 Å². The highest BCUT2D eigenvalue weighted by Crippen LogP contribution is 2.36. The standard InChI is InChI=1S/C15H22N6O3/c1-20-4-3-16-14(20)15(23)17-11-7-10(8-11)13-19-18-12(9-22)21(13)5-6-24-2/h3-4,10-11,22H,5-9H2,1-2H3,(H,17,23). The van der Waals surface area contributed by atoms with E-state index >= 15 is 0 Å². The van der Waals surface area contributed by atoms with E-state index in [1.807, 2.05) is 4.57 Å². The van der Waals surface area contributed by atoms with Crippen LogP contribution >= 0.6 is 0 Å². The van der Waals surface area contributed by atoms with Crippen LogP contribution in [0.2, 0.25) is 0 Å². The van der Waals surface area contributed by atoms with Crippen LogP contribution in [0.15, 0.2) is 12.4 Å². The number of aliphatic hydroxyl groups is 1. The molecule has 24 heavy (non-hydrogen) atoms. The van der Waals surface area contributed by atoms with Gasteiger partial charge in [-0.15, -0.1) is 10.2 Å². The summed E-state index contributed by atoms with van der Waals surface area (Å²) in [7, 11) is 3.43. The van der Waals surface area contributed by atoms with Gasteiger partial charge < -0.3 is 24.3 Å². The Morgan fingerprint density at radius 1 is 1.46 bits per heavy atom. The predicted octanol–water partition coefficient (Wildman–Crippen LogP) is -0.174. The summed E-state index contributed by atoms with van der Waals surface area (Å²) in [6.07, 6.45) is 4.94. The Balaban J connectivity index is 1.59. The van der Waals surface area contributed by atoms with E-state index in [1.165, 1.54) is 0 Å². The van der Waals surface area contributed by atoms with E-state index in [4.69, 9.17) is 4.74 Å². The van der Waals surface area contributed by atoms with E-state index < -0.39 is 0 Å². The van der Waals surface area contributed by atoms with Crippen LogP contribution < -0.4 is 5.32 Å². The Kier molecular flexibility index (Phi) is 4.91. The van der Waals surface area contributed by atoms with Gasteiger partial charge in [0.15, 0.2) is 11.6 Å². The monoisotopic (exact) mass is 334 g/mol. The fraction of sp³-hybridized carbons (Fsp3) is 0.600. The summed E-state index contributed by atoms with van der Waals surface area (Å²) in [4.78, 5) is 16.2. The van der Waals surface area contributed by atoms with Gasteiger partial charge in [0.05, 0.1) is 6.61 Å². The summed E-state index contributed by atoms with van der Waals surface area (Å²) in [6.45, 7) is 0.988. The van der Waals surface area contributed by atoms with Gasteiger partial charge in [-0.05, 0) is 12.8 Å². The molecule has 2 heterocycles. The topological polar surface area (TPSA) is 107 Å². The van der Waals surface area contributed by atoms with Gasteiger partial charge >= 0.3 is 0 Å². The molecule has 0 bridgehead atoms. The Hall–Kier alpha value is -2.26.